The van der Waals surface area contributed by atoms with E-state index in [1.807, 2.05) is 31.2 Å². The van der Waals surface area contributed by atoms with Gasteiger partial charge in [0.25, 0.3) is 5.91 Å². The van der Waals surface area contributed by atoms with Gasteiger partial charge >= 0.3 is 6.09 Å². The molecule has 2 N–H and O–H groups in total. The summed E-state index contributed by atoms with van der Waals surface area (Å²) in [4.78, 5) is 32.9. The molecule has 0 spiro atoms. The van der Waals surface area contributed by atoms with Gasteiger partial charge in [0.05, 0.1) is 24.9 Å². The van der Waals surface area contributed by atoms with Crippen LogP contribution in [0.1, 0.15) is 58.9 Å². The van der Waals surface area contributed by atoms with Crippen molar-refractivity contribution in [2.24, 2.45) is 23.9 Å². The van der Waals surface area contributed by atoms with Gasteiger partial charge in [0, 0.05) is 31.2 Å². The molecule has 2 saturated carbocycles. The molecule has 0 aliphatic heterocycles. The number of aromatic nitrogens is 3. The summed E-state index contributed by atoms with van der Waals surface area (Å²) in [5, 5.41) is 12.4. The number of hydrogen-bond acceptors (Lipinski definition) is 4. The monoisotopic (exact) mass is 489 g/mol. The molecule has 5 rings (SSSR count). The second kappa shape index (κ2) is 10.0. The normalized spacial score (nSPS) is 16.6. The maximum atomic E-state index is 13.5. The maximum Gasteiger partial charge on any atom is 0.434 e. The fraction of sp³-hybridized carbons (Fsp3) is 0.407. The van der Waals surface area contributed by atoms with Gasteiger partial charge in [-0.1, -0.05) is 0 Å². The summed E-state index contributed by atoms with van der Waals surface area (Å²) < 4.78 is 9.42. The summed E-state index contributed by atoms with van der Waals surface area (Å²) in [6, 6.07) is 9.37. The number of rotatable bonds is 9. The molecular formula is C27H31N5O4. The number of aryl methyl sites for hydroxylation is 2. The minimum Gasteiger partial charge on any atom is -0.493 e. The van der Waals surface area contributed by atoms with Gasteiger partial charge in [-0.2, -0.15) is 0 Å². The molecule has 188 valence electrons. The van der Waals surface area contributed by atoms with Gasteiger partial charge in [0.15, 0.2) is 0 Å². The van der Waals surface area contributed by atoms with Gasteiger partial charge < -0.3 is 24.3 Å². The first-order valence-corrected chi connectivity index (χ1v) is 12.4. The molecule has 9 heteroatoms. The van der Waals surface area contributed by atoms with E-state index in [0.717, 1.165) is 29.7 Å². The summed E-state index contributed by atoms with van der Waals surface area (Å²) in [5.74, 6) is 1.41. The molecule has 36 heavy (non-hydrogen) atoms. The molecule has 2 aromatic heterocycles. The van der Waals surface area contributed by atoms with Crippen molar-refractivity contribution in [2.75, 3.05) is 6.61 Å². The van der Waals surface area contributed by atoms with Crippen LogP contribution in [0.15, 0.2) is 53.9 Å². The lowest BCUT2D eigenvalue weighted by Crippen LogP contribution is -2.31. The van der Waals surface area contributed by atoms with Crippen molar-refractivity contribution in [2.45, 2.75) is 45.2 Å². The van der Waals surface area contributed by atoms with Crippen molar-refractivity contribution in [1.29, 1.82) is 0 Å². The Labute approximate surface area is 209 Å². The Hall–Kier alpha value is -3.88. The molecule has 2 aliphatic carbocycles. The van der Waals surface area contributed by atoms with Crippen LogP contribution >= 0.6 is 0 Å². The highest BCUT2D eigenvalue weighted by molar-refractivity contribution is 5.95. The number of amides is 2. The standard InChI is InChI=1S/C27H31N5O4/c1-17-7-8-28-23(11-17)24(20-5-6-20)29-25(33)21-12-19(13-22(14-21)36-16-18-3-4-18)15-32-10-9-31(2)26(32)30-27(34)35/h7-14,18,20,24H,3-6,15-16H2,1-2H3,(H,29,33)(H,34,35)/b30-26+. The predicted octanol–water partition coefficient (Wildman–Crippen LogP) is 3.83. The van der Waals surface area contributed by atoms with Crippen LogP contribution in [0.25, 0.3) is 0 Å². The van der Waals surface area contributed by atoms with E-state index in [-0.39, 0.29) is 11.9 Å². The Balaban J connectivity index is 1.43. The van der Waals surface area contributed by atoms with Crippen molar-refractivity contribution in [1.82, 2.24) is 19.4 Å². The number of nitrogens with zero attached hydrogens (tertiary/aromatic N) is 4. The molecule has 1 aromatic carbocycles. The third kappa shape index (κ3) is 5.84. The van der Waals surface area contributed by atoms with E-state index >= 15 is 0 Å². The topological polar surface area (TPSA) is 111 Å². The van der Waals surface area contributed by atoms with E-state index in [0.29, 0.717) is 41.9 Å². The van der Waals surface area contributed by atoms with E-state index in [2.05, 4.69) is 15.3 Å². The lowest BCUT2D eigenvalue weighted by molar-refractivity contribution is 0.0930. The summed E-state index contributed by atoms with van der Waals surface area (Å²) in [7, 11) is 1.74. The van der Waals surface area contributed by atoms with E-state index < -0.39 is 6.09 Å². The number of carbonyl (C=O) groups excluding carboxylic acids is 1. The first-order valence-electron chi connectivity index (χ1n) is 12.4. The SMILES string of the molecule is Cc1ccnc(C(NC(=O)c2cc(Cn3ccn(C)/c3=N\C(=O)O)cc(OCC3CC3)c2)C2CC2)c1. The summed E-state index contributed by atoms with van der Waals surface area (Å²) in [6.07, 6.45) is 8.51. The number of carbonyl (C=O) groups is 2. The first-order chi connectivity index (χ1) is 17.4. The van der Waals surface area contributed by atoms with Crippen LogP contribution < -0.4 is 15.7 Å². The molecule has 0 radical (unpaired) electrons. The fourth-order valence-electron chi connectivity index (χ4n) is 4.35. The predicted molar refractivity (Wildman–Crippen MR) is 133 cm³/mol. The lowest BCUT2D eigenvalue weighted by atomic mass is 10.0. The molecule has 1 unspecified atom stereocenters. The van der Waals surface area contributed by atoms with Gasteiger partial charge in [-0.15, -0.1) is 4.99 Å². The Morgan fingerprint density at radius 3 is 2.69 bits per heavy atom. The van der Waals surface area contributed by atoms with E-state index in [1.165, 1.54) is 12.8 Å². The highest BCUT2D eigenvalue weighted by atomic mass is 16.5. The number of pyridine rings is 1. The van der Waals surface area contributed by atoms with Crippen LogP contribution in [-0.4, -0.2) is 37.8 Å². The Morgan fingerprint density at radius 1 is 1.19 bits per heavy atom. The summed E-state index contributed by atoms with van der Waals surface area (Å²) >= 11 is 0. The fourth-order valence-corrected chi connectivity index (χ4v) is 4.35. The Morgan fingerprint density at radius 2 is 2.00 bits per heavy atom. The summed E-state index contributed by atoms with van der Waals surface area (Å²) in [6.45, 7) is 3.00. The second-order valence-electron chi connectivity index (χ2n) is 9.90. The molecule has 2 aliphatic rings. The highest BCUT2D eigenvalue weighted by Gasteiger charge is 2.34. The van der Waals surface area contributed by atoms with Gasteiger partial charge in [-0.25, -0.2) is 4.79 Å². The third-order valence-corrected chi connectivity index (χ3v) is 6.64. The van der Waals surface area contributed by atoms with Gasteiger partial charge in [-0.3, -0.25) is 9.78 Å². The molecule has 1 atom stereocenters. The first kappa shape index (κ1) is 23.8. The molecule has 0 saturated heterocycles. The zero-order valence-electron chi connectivity index (χ0n) is 20.6. The molecule has 9 nitrogen and oxygen atoms in total. The van der Waals surface area contributed by atoms with Crippen LogP contribution in [0, 0.1) is 18.8 Å². The zero-order chi connectivity index (χ0) is 25.2. The van der Waals surface area contributed by atoms with E-state index in [4.69, 9.17) is 9.84 Å². The quantitative estimate of drug-likeness (QED) is 0.475. The minimum atomic E-state index is -1.26. The van der Waals surface area contributed by atoms with Crippen LogP contribution in [-0.2, 0) is 13.6 Å². The smallest absolute Gasteiger partial charge is 0.434 e. The van der Waals surface area contributed by atoms with Gasteiger partial charge in [0.2, 0.25) is 5.62 Å². The molecule has 2 amide bonds. The maximum absolute atomic E-state index is 13.5. The molecule has 2 heterocycles. The van der Waals surface area contributed by atoms with Crippen LogP contribution in [0.3, 0.4) is 0 Å². The zero-order valence-corrected chi connectivity index (χ0v) is 20.6. The lowest BCUT2D eigenvalue weighted by Gasteiger charge is -2.19. The number of ether oxygens (including phenoxy) is 1. The number of carboxylic acid groups (broad SMARTS) is 1. The Kier molecular flexibility index (Phi) is 6.63. The average molecular weight is 490 g/mol. The van der Waals surface area contributed by atoms with Crippen molar-refractivity contribution in [3.63, 3.8) is 0 Å². The number of benzene rings is 1. The molecule has 2 fully saturated rings. The molecule has 0 bridgehead atoms. The third-order valence-electron chi connectivity index (χ3n) is 6.64. The summed E-state index contributed by atoms with van der Waals surface area (Å²) in [5.41, 5.74) is 3.62. The van der Waals surface area contributed by atoms with Crippen molar-refractivity contribution in [3.8, 4) is 5.75 Å². The highest BCUT2D eigenvalue weighted by Crippen LogP contribution is 2.40. The molecule has 3 aromatic rings. The van der Waals surface area contributed by atoms with Crippen molar-refractivity contribution in [3.05, 3.63) is 76.9 Å². The average Bonchev–Trinajstić information content (AvgIpc) is 3.77. The van der Waals surface area contributed by atoms with Gasteiger partial charge in [0.1, 0.15) is 5.75 Å². The van der Waals surface area contributed by atoms with Crippen molar-refractivity contribution >= 4 is 12.0 Å². The second-order valence-corrected chi connectivity index (χ2v) is 9.90. The van der Waals surface area contributed by atoms with Gasteiger partial charge in [-0.05, 0) is 85.9 Å². The Bertz CT molecular complexity index is 1350. The van der Waals surface area contributed by atoms with E-state index in [9.17, 15) is 9.59 Å². The van der Waals surface area contributed by atoms with Crippen molar-refractivity contribution < 1.29 is 19.4 Å². The largest absolute Gasteiger partial charge is 0.493 e. The number of imidazole rings is 1. The number of nitrogens with one attached hydrogen (secondary N) is 1. The van der Waals surface area contributed by atoms with Crippen LogP contribution in [0.5, 0.6) is 5.75 Å². The van der Waals surface area contributed by atoms with E-state index in [1.54, 1.807) is 40.8 Å². The van der Waals surface area contributed by atoms with Crippen LogP contribution in [0.2, 0.25) is 0 Å². The number of hydrogen-bond donors (Lipinski definition) is 2. The molecular weight excluding hydrogens is 458 g/mol. The van der Waals surface area contributed by atoms with Crippen LogP contribution in [0.4, 0.5) is 4.79 Å². The minimum absolute atomic E-state index is 0.138.